The number of hydrogen-bond acceptors (Lipinski definition) is 2. The molecule has 19 heavy (non-hydrogen) atoms. The molecule has 1 aliphatic rings. The van der Waals surface area contributed by atoms with E-state index < -0.39 is 0 Å². The maximum atomic E-state index is 12.4. The number of fused-ring (bicyclic) bond motifs is 1. The third kappa shape index (κ3) is 3.57. The molecule has 3 nitrogen and oxygen atoms in total. The zero-order valence-electron chi connectivity index (χ0n) is 11.9. The second kappa shape index (κ2) is 6.20. The Labute approximate surface area is 115 Å². The molecule has 2 unspecified atom stereocenters. The molecular weight excluding hydrogens is 236 g/mol. The summed E-state index contributed by atoms with van der Waals surface area (Å²) in [5.74, 6) is 0.420. The third-order valence-corrected chi connectivity index (χ3v) is 3.99. The largest absolute Gasteiger partial charge is 0.345 e. The van der Waals surface area contributed by atoms with Crippen LogP contribution in [0, 0.1) is 5.92 Å². The van der Waals surface area contributed by atoms with E-state index in [2.05, 4.69) is 24.3 Å². The Morgan fingerprint density at radius 1 is 1.42 bits per heavy atom. The average molecular weight is 260 g/mol. The highest BCUT2D eigenvalue weighted by Crippen LogP contribution is 2.26. The molecule has 3 heteroatoms. The van der Waals surface area contributed by atoms with E-state index in [4.69, 9.17) is 5.73 Å². The van der Waals surface area contributed by atoms with Crippen molar-refractivity contribution in [2.45, 2.75) is 38.6 Å². The van der Waals surface area contributed by atoms with Gasteiger partial charge in [0.05, 0.1) is 0 Å². The molecule has 0 aromatic heterocycles. The van der Waals surface area contributed by atoms with Crippen molar-refractivity contribution in [3.05, 3.63) is 35.4 Å². The molecule has 0 aliphatic heterocycles. The fraction of sp³-hybridized carbons (Fsp3) is 0.562. The van der Waals surface area contributed by atoms with Gasteiger partial charge in [-0.25, -0.2) is 0 Å². The summed E-state index contributed by atoms with van der Waals surface area (Å²) in [5.41, 5.74) is 8.49. The molecule has 0 spiro atoms. The molecule has 0 saturated carbocycles. The van der Waals surface area contributed by atoms with Gasteiger partial charge in [0.15, 0.2) is 0 Å². The zero-order chi connectivity index (χ0) is 13.8. The number of aryl methyl sites for hydroxylation is 1. The van der Waals surface area contributed by atoms with Crippen LogP contribution in [0.15, 0.2) is 24.3 Å². The first-order valence-corrected chi connectivity index (χ1v) is 7.15. The molecule has 0 fully saturated rings. The van der Waals surface area contributed by atoms with Crippen molar-refractivity contribution < 1.29 is 4.79 Å². The van der Waals surface area contributed by atoms with E-state index in [-0.39, 0.29) is 17.9 Å². The second-order valence-electron chi connectivity index (χ2n) is 5.73. The van der Waals surface area contributed by atoms with E-state index in [9.17, 15) is 4.79 Å². The topological polar surface area (TPSA) is 46.3 Å². The number of nitrogens with two attached hydrogens (primary N) is 1. The summed E-state index contributed by atoms with van der Waals surface area (Å²) in [7, 11) is 1.89. The lowest BCUT2D eigenvalue weighted by atomic mass is 9.83. The fourth-order valence-corrected chi connectivity index (χ4v) is 2.73. The van der Waals surface area contributed by atoms with Crippen molar-refractivity contribution in [2.75, 3.05) is 13.6 Å². The summed E-state index contributed by atoms with van der Waals surface area (Å²) in [6.07, 6.45) is 3.75. The van der Waals surface area contributed by atoms with Gasteiger partial charge in [-0.15, -0.1) is 0 Å². The minimum atomic E-state index is 0.146. The first kappa shape index (κ1) is 14.1. The van der Waals surface area contributed by atoms with Crippen LogP contribution >= 0.6 is 0 Å². The molecule has 1 aromatic rings. The minimum absolute atomic E-state index is 0.146. The van der Waals surface area contributed by atoms with E-state index in [1.165, 1.54) is 11.1 Å². The van der Waals surface area contributed by atoms with Crippen molar-refractivity contribution in [3.63, 3.8) is 0 Å². The van der Waals surface area contributed by atoms with Crippen molar-refractivity contribution in [1.29, 1.82) is 0 Å². The van der Waals surface area contributed by atoms with E-state index >= 15 is 0 Å². The Bertz CT molecular complexity index is 442. The SMILES string of the molecule is CC(N)CCN(C)C(=O)C1CCc2ccccc2C1. The number of hydrogen-bond donors (Lipinski definition) is 1. The summed E-state index contributed by atoms with van der Waals surface area (Å²) in [6, 6.07) is 8.62. The summed E-state index contributed by atoms with van der Waals surface area (Å²) in [6.45, 7) is 2.74. The quantitative estimate of drug-likeness (QED) is 0.900. The normalized spacial score (nSPS) is 19.6. The highest BCUT2D eigenvalue weighted by molar-refractivity contribution is 5.79. The Balaban J connectivity index is 1.95. The molecular formula is C16H24N2O. The van der Waals surface area contributed by atoms with Gasteiger partial charge >= 0.3 is 0 Å². The van der Waals surface area contributed by atoms with Crippen LogP contribution in [-0.4, -0.2) is 30.4 Å². The van der Waals surface area contributed by atoms with E-state index in [0.29, 0.717) is 0 Å². The summed E-state index contributed by atoms with van der Waals surface area (Å²) in [5, 5.41) is 0. The summed E-state index contributed by atoms with van der Waals surface area (Å²) in [4.78, 5) is 14.3. The number of carbonyl (C=O) groups excluding carboxylic acids is 1. The average Bonchev–Trinajstić information content (AvgIpc) is 2.43. The van der Waals surface area contributed by atoms with Gasteiger partial charge in [-0.05, 0) is 43.7 Å². The second-order valence-corrected chi connectivity index (χ2v) is 5.73. The fourth-order valence-electron chi connectivity index (χ4n) is 2.73. The molecule has 0 bridgehead atoms. The monoisotopic (exact) mass is 260 g/mol. The number of benzene rings is 1. The van der Waals surface area contributed by atoms with Gasteiger partial charge in [0.25, 0.3) is 0 Å². The first-order valence-electron chi connectivity index (χ1n) is 7.15. The van der Waals surface area contributed by atoms with E-state index in [1.807, 2.05) is 18.9 Å². The Hall–Kier alpha value is -1.35. The molecule has 2 rings (SSSR count). The number of nitrogens with zero attached hydrogens (tertiary/aromatic N) is 1. The standard InChI is InChI=1S/C16H24N2O/c1-12(17)9-10-18(2)16(19)15-8-7-13-5-3-4-6-14(13)11-15/h3-6,12,15H,7-11,17H2,1-2H3. The van der Waals surface area contributed by atoms with Gasteiger partial charge in [-0.3, -0.25) is 4.79 Å². The van der Waals surface area contributed by atoms with E-state index in [1.54, 1.807) is 0 Å². The zero-order valence-corrected chi connectivity index (χ0v) is 11.9. The molecule has 1 amide bonds. The smallest absolute Gasteiger partial charge is 0.225 e. The highest BCUT2D eigenvalue weighted by atomic mass is 16.2. The molecule has 1 aromatic carbocycles. The third-order valence-electron chi connectivity index (χ3n) is 3.99. The summed E-state index contributed by atoms with van der Waals surface area (Å²) >= 11 is 0. The Morgan fingerprint density at radius 2 is 2.11 bits per heavy atom. The molecule has 0 radical (unpaired) electrons. The van der Waals surface area contributed by atoms with Crippen LogP contribution < -0.4 is 5.73 Å². The van der Waals surface area contributed by atoms with Gasteiger partial charge in [0.2, 0.25) is 5.91 Å². The van der Waals surface area contributed by atoms with E-state index in [0.717, 1.165) is 32.2 Å². The first-order chi connectivity index (χ1) is 9.08. The van der Waals surface area contributed by atoms with Gasteiger partial charge in [0.1, 0.15) is 0 Å². The van der Waals surface area contributed by atoms with Crippen LogP contribution in [0.5, 0.6) is 0 Å². The van der Waals surface area contributed by atoms with Crippen LogP contribution in [0.1, 0.15) is 30.9 Å². The maximum absolute atomic E-state index is 12.4. The highest BCUT2D eigenvalue weighted by Gasteiger charge is 2.26. The lowest BCUT2D eigenvalue weighted by molar-refractivity contribution is -0.134. The van der Waals surface area contributed by atoms with Gasteiger partial charge in [0, 0.05) is 25.6 Å². The molecule has 0 heterocycles. The van der Waals surface area contributed by atoms with Crippen LogP contribution in [0.4, 0.5) is 0 Å². The maximum Gasteiger partial charge on any atom is 0.225 e. The lowest BCUT2D eigenvalue weighted by Gasteiger charge is -2.28. The molecule has 2 atom stereocenters. The van der Waals surface area contributed by atoms with Crippen molar-refractivity contribution in [3.8, 4) is 0 Å². The van der Waals surface area contributed by atoms with Crippen LogP contribution in [0.2, 0.25) is 0 Å². The number of rotatable bonds is 4. The molecule has 2 N–H and O–H groups in total. The van der Waals surface area contributed by atoms with Gasteiger partial charge in [-0.1, -0.05) is 24.3 Å². The van der Waals surface area contributed by atoms with Gasteiger partial charge < -0.3 is 10.6 Å². The van der Waals surface area contributed by atoms with Crippen LogP contribution in [0.25, 0.3) is 0 Å². The molecule has 1 aliphatic carbocycles. The Morgan fingerprint density at radius 3 is 2.79 bits per heavy atom. The summed E-state index contributed by atoms with van der Waals surface area (Å²) < 4.78 is 0. The minimum Gasteiger partial charge on any atom is -0.345 e. The van der Waals surface area contributed by atoms with Crippen molar-refractivity contribution in [2.24, 2.45) is 11.7 Å². The lowest BCUT2D eigenvalue weighted by Crippen LogP contribution is -2.37. The van der Waals surface area contributed by atoms with Crippen LogP contribution in [-0.2, 0) is 17.6 Å². The predicted octanol–water partition coefficient (Wildman–Crippen LogP) is 1.99. The van der Waals surface area contributed by atoms with Gasteiger partial charge in [-0.2, -0.15) is 0 Å². The molecule has 104 valence electrons. The molecule has 0 saturated heterocycles. The predicted molar refractivity (Wildman–Crippen MR) is 77.9 cm³/mol. The number of amides is 1. The Kier molecular flexibility index (Phi) is 4.59. The number of carbonyl (C=O) groups is 1. The van der Waals surface area contributed by atoms with Crippen molar-refractivity contribution >= 4 is 5.91 Å². The van der Waals surface area contributed by atoms with Crippen molar-refractivity contribution in [1.82, 2.24) is 4.90 Å². The van der Waals surface area contributed by atoms with Crippen LogP contribution in [0.3, 0.4) is 0 Å².